The molecule has 0 saturated carbocycles. The van der Waals surface area contributed by atoms with E-state index in [0.717, 1.165) is 91.4 Å². The molecule has 0 fully saturated rings. The molecule has 8 aromatic carbocycles. The van der Waals surface area contributed by atoms with Gasteiger partial charge in [-0.3, -0.25) is 37.4 Å². The molecule has 0 amide bonds. The molecule has 13 rings (SSSR count). The summed E-state index contributed by atoms with van der Waals surface area (Å²) in [7, 11) is 0. The number of hydrogen-bond donors (Lipinski definition) is 4. The molecular weight excluding hydrogens is 1560 g/mol. The Morgan fingerprint density at radius 2 is 0.647 bits per heavy atom. The Morgan fingerprint density at radius 3 is 0.958 bits per heavy atom. The van der Waals surface area contributed by atoms with E-state index in [1.807, 2.05) is 363 Å². The first-order chi connectivity index (χ1) is 57.6. The third-order valence-corrected chi connectivity index (χ3v) is 15.6. The highest BCUT2D eigenvalue weighted by atomic mass is 79.9. The fraction of sp³-hybridized carbons (Fsp3) is 0.250. The maximum Gasteiger partial charge on any atom is 0.336 e. The molecule has 0 spiro atoms. The summed E-state index contributed by atoms with van der Waals surface area (Å²) in [5, 5.41) is 26.6. The van der Waals surface area contributed by atoms with E-state index in [9.17, 15) is 33.6 Å². The monoisotopic (exact) mass is 1680 g/mol. The zero-order valence-corrected chi connectivity index (χ0v) is 75.2. The Labute approximate surface area is 714 Å². The number of nitrogens with two attached hydrogens (primary N) is 1. The number of ether oxygens (including phenoxy) is 2. The number of carbonyl (C=O) groups is 2. The van der Waals surface area contributed by atoms with Crippen LogP contribution in [0, 0.1) is 41.5 Å². The van der Waals surface area contributed by atoms with E-state index in [-0.39, 0.29) is 33.4 Å². The number of halogens is 1. The summed E-state index contributed by atoms with van der Waals surface area (Å²) in [6.45, 7) is 43.7. The number of carboxylic acids is 2. The number of aromatic nitrogens is 4. The maximum absolute atomic E-state index is 12.7. The molecule has 5 heterocycles. The van der Waals surface area contributed by atoms with Gasteiger partial charge in [0.2, 0.25) is 0 Å². The Kier molecular flexibility index (Phi) is 59.4. The lowest BCUT2D eigenvalue weighted by Crippen LogP contribution is -2.24. The van der Waals surface area contributed by atoms with Crippen LogP contribution in [0.4, 0.5) is 5.69 Å². The Balaban J connectivity index is 0. The lowest BCUT2D eigenvalue weighted by molar-refractivity contribution is 0.0685. The molecule has 19 heteroatoms. The summed E-state index contributed by atoms with van der Waals surface area (Å²) in [6.07, 6.45) is 0. The Bertz CT molecular complexity index is 5120. The average molecular weight is 1690 g/mol. The van der Waals surface area contributed by atoms with Gasteiger partial charge >= 0.3 is 17.6 Å². The topological polar surface area (TPSA) is 258 Å². The molecule has 0 radical (unpaired) electrons. The number of hydrogen-bond acceptors (Lipinski definition) is 12. The van der Waals surface area contributed by atoms with Crippen LogP contribution in [0.1, 0.15) is 182 Å². The molecule has 119 heavy (non-hydrogen) atoms. The van der Waals surface area contributed by atoms with Crippen molar-refractivity contribution in [1.29, 1.82) is 0 Å². The van der Waals surface area contributed by atoms with Gasteiger partial charge in [-0.2, -0.15) is 0 Å². The molecule has 0 aliphatic rings. The van der Waals surface area contributed by atoms with Crippen LogP contribution in [-0.2, 0) is 18.5 Å². The van der Waals surface area contributed by atoms with Crippen LogP contribution >= 0.6 is 15.9 Å². The second-order valence-electron chi connectivity index (χ2n) is 22.8. The Morgan fingerprint density at radius 1 is 0.353 bits per heavy atom. The van der Waals surface area contributed by atoms with Crippen LogP contribution in [0.15, 0.2) is 326 Å². The molecule has 18 nitrogen and oxygen atoms in total. The number of aromatic carboxylic acids is 2. The molecule has 13 aromatic rings. The minimum absolute atomic E-state index is 0.00265. The number of phenols is 1. The minimum atomic E-state index is -1.12. The molecule has 5 N–H and O–H groups in total. The maximum atomic E-state index is 12.7. The quantitative estimate of drug-likeness (QED) is 0.0618. The lowest BCUT2D eigenvalue weighted by Gasteiger charge is -2.15. The highest BCUT2D eigenvalue weighted by molar-refractivity contribution is 9.08. The third kappa shape index (κ3) is 40.0. The summed E-state index contributed by atoms with van der Waals surface area (Å²) in [5.74, 6) is 0.00740. The largest absolute Gasteiger partial charge is 0.508 e. The van der Waals surface area contributed by atoms with Crippen LogP contribution in [0.3, 0.4) is 0 Å². The zero-order chi connectivity index (χ0) is 90.2. The van der Waals surface area contributed by atoms with Crippen molar-refractivity contribution in [3.05, 3.63) is 411 Å². The molecule has 0 aliphatic carbocycles. The van der Waals surface area contributed by atoms with Gasteiger partial charge in [0.25, 0.3) is 22.2 Å². The summed E-state index contributed by atoms with van der Waals surface area (Å²) >= 11 is 3.36. The molecule has 5 aromatic heterocycles. The molecule has 0 saturated heterocycles. The number of para-hydroxylation sites is 8. The standard InChI is InChI=1S/C20H19NO2.C19H17NO2.C13H12BrNO.C13H11NO3.C7H6O4.C6H7N.C6H6O.8C2H6/c1-15-13-17(14-23-19-11-7-4-8-12-19)16(2)20(22)21(15)18-9-5-3-6-10-18;1-15-12-16(14-22-18-10-6-3-7-11-18)13-19(21)20(15)17-8-4-2-5-9-17;1-10-7-11(9-14)8-13(16)15(10)12-5-3-2-4-6-12;1-9-7-10(13(16)17)8-12(15)14(9)11-5-3-2-4-6-11;1-4-2-5(7(9)10)3-6(8)11-4;2*7-6-4-2-1-3-5-6;8*1-2/h3-13H,14H2,1-2H3;2-13H,14H2,1H3;2-8H,9H2,1H3;2-8H,1H3,(H,16,17);2-3H,1H3,(H,9,10);1-5H,7H2;1-5,7H;8*1-2H3. The van der Waals surface area contributed by atoms with Crippen molar-refractivity contribution in [2.24, 2.45) is 0 Å². The van der Waals surface area contributed by atoms with Gasteiger partial charge in [0.15, 0.2) is 0 Å². The van der Waals surface area contributed by atoms with E-state index in [2.05, 4.69) is 20.3 Å². The fourth-order valence-corrected chi connectivity index (χ4v) is 10.5. The number of rotatable bonds is 13. The summed E-state index contributed by atoms with van der Waals surface area (Å²) in [5.41, 5.74) is 15.4. The number of anilines is 1. The molecule has 0 unspecified atom stereocenters. The van der Waals surface area contributed by atoms with Gasteiger partial charge in [0.1, 0.15) is 36.2 Å². The predicted octanol–water partition coefficient (Wildman–Crippen LogP) is 24.2. The zero-order valence-electron chi connectivity index (χ0n) is 73.6. The molecule has 0 bridgehead atoms. The second-order valence-corrected chi connectivity index (χ2v) is 23.4. The number of aromatic hydroxyl groups is 1. The second kappa shape index (κ2) is 65.3. The number of nitrogens with zero attached hydrogens (tertiary/aromatic N) is 4. The molecule has 0 aliphatic heterocycles. The van der Waals surface area contributed by atoms with Gasteiger partial charge in [-0.25, -0.2) is 14.4 Å². The van der Waals surface area contributed by atoms with Crippen molar-refractivity contribution in [3.63, 3.8) is 0 Å². The van der Waals surface area contributed by atoms with Gasteiger partial charge in [-0.05, 0) is 186 Å². The van der Waals surface area contributed by atoms with E-state index >= 15 is 0 Å². The van der Waals surface area contributed by atoms with Crippen molar-refractivity contribution in [2.45, 2.75) is 171 Å². The van der Waals surface area contributed by atoms with Gasteiger partial charge in [-0.15, -0.1) is 0 Å². The van der Waals surface area contributed by atoms with Crippen LogP contribution < -0.4 is 43.1 Å². The van der Waals surface area contributed by atoms with E-state index in [0.29, 0.717) is 35.7 Å². The summed E-state index contributed by atoms with van der Waals surface area (Å²) in [4.78, 5) is 80.7. The molecule has 636 valence electrons. The van der Waals surface area contributed by atoms with Crippen molar-refractivity contribution in [1.82, 2.24) is 18.3 Å². The lowest BCUT2D eigenvalue weighted by atomic mass is 10.1. The normalized spacial score (nSPS) is 9.10. The van der Waals surface area contributed by atoms with E-state index in [1.54, 1.807) is 69.2 Å². The van der Waals surface area contributed by atoms with Gasteiger partial charge < -0.3 is 34.9 Å². The number of aryl methyl sites for hydroxylation is 5. The van der Waals surface area contributed by atoms with Gasteiger partial charge in [0.05, 0.1) is 11.1 Å². The number of benzene rings is 8. The first kappa shape index (κ1) is 108. The van der Waals surface area contributed by atoms with Crippen molar-refractivity contribution < 1.29 is 38.8 Å². The highest BCUT2D eigenvalue weighted by Gasteiger charge is 2.14. The number of nitrogen functional groups attached to an aromatic ring is 1. The van der Waals surface area contributed by atoms with Gasteiger partial charge in [-0.1, -0.05) is 272 Å². The smallest absolute Gasteiger partial charge is 0.336 e. The molecular formula is C100H126BrN5O13. The van der Waals surface area contributed by atoms with Crippen LogP contribution in [0.2, 0.25) is 0 Å². The van der Waals surface area contributed by atoms with E-state index in [1.165, 1.54) is 23.6 Å². The van der Waals surface area contributed by atoms with Crippen molar-refractivity contribution in [3.8, 4) is 40.0 Å². The van der Waals surface area contributed by atoms with E-state index < -0.39 is 17.6 Å². The predicted molar refractivity (Wildman–Crippen MR) is 499 cm³/mol. The Hall–Kier alpha value is -12.9. The van der Waals surface area contributed by atoms with Crippen LogP contribution in [0.5, 0.6) is 17.2 Å². The van der Waals surface area contributed by atoms with Crippen LogP contribution in [0.25, 0.3) is 22.7 Å². The molecule has 0 atom stereocenters. The summed E-state index contributed by atoms with van der Waals surface area (Å²) in [6, 6.07) is 89.7. The minimum Gasteiger partial charge on any atom is -0.508 e. The van der Waals surface area contributed by atoms with Crippen LogP contribution in [-0.4, -0.2) is 45.5 Å². The number of carboxylic acid groups (broad SMARTS) is 2. The first-order valence-corrected chi connectivity index (χ1v) is 41.4. The fourth-order valence-electron chi connectivity index (χ4n) is 10.2. The highest BCUT2D eigenvalue weighted by Crippen LogP contribution is 2.19. The van der Waals surface area contributed by atoms with E-state index in [4.69, 9.17) is 30.5 Å². The SMILES string of the molecule is CC.CC.CC.CC.CC.CC.CC.CC.Cc1c(COc2ccccc2)cc(C)n(-c2ccccc2)c1=O.Cc1cc(C(=O)O)cc(=O)n1-c1ccccc1.Cc1cc(C(=O)O)cc(=O)o1.Cc1cc(CBr)cc(=O)n1-c1ccccc1.Cc1cc(COc2ccccc2)cc(=O)n1-c1ccccc1.Nc1ccccc1.Oc1ccccc1. The van der Waals surface area contributed by atoms with Crippen molar-refractivity contribution >= 4 is 33.6 Å². The summed E-state index contributed by atoms with van der Waals surface area (Å²) < 4.78 is 22.7. The first-order valence-electron chi connectivity index (χ1n) is 40.3. The third-order valence-electron chi connectivity index (χ3n) is 15.0. The van der Waals surface area contributed by atoms with Crippen molar-refractivity contribution in [2.75, 3.05) is 5.73 Å². The number of phenolic OH excluding ortho intramolecular Hbond substituents is 1. The average Bonchev–Trinajstić information content (AvgIpc) is 0.796. The number of alkyl halides is 1. The number of pyridine rings is 4. The van der Waals surface area contributed by atoms with Gasteiger partial charge in [0, 0.05) is 86.4 Å².